The Kier molecular flexibility index (Phi) is 6.25. The number of halogens is 1. The molecule has 1 aromatic carbocycles. The summed E-state index contributed by atoms with van der Waals surface area (Å²) in [7, 11) is -3.76. The molecule has 28 heavy (non-hydrogen) atoms. The Bertz CT molecular complexity index is 924. The van der Waals surface area contributed by atoms with Crippen LogP contribution in [0.5, 0.6) is 0 Å². The van der Waals surface area contributed by atoms with Gasteiger partial charge in [-0.25, -0.2) is 12.8 Å². The number of nitrogens with one attached hydrogen (secondary N) is 1. The molecule has 0 radical (unpaired) electrons. The molecule has 1 fully saturated rings. The Morgan fingerprint density at radius 2 is 2.04 bits per heavy atom. The molecular weight excluding hydrogens is 385 g/mol. The van der Waals surface area contributed by atoms with Crippen LogP contribution in [0, 0.1) is 11.7 Å². The van der Waals surface area contributed by atoms with Crippen molar-refractivity contribution in [2.45, 2.75) is 12.5 Å². The zero-order chi connectivity index (χ0) is 20.1. The summed E-state index contributed by atoms with van der Waals surface area (Å²) in [4.78, 5) is 16.5. The third-order valence-corrected chi connectivity index (χ3v) is 5.72. The van der Waals surface area contributed by atoms with Gasteiger partial charge in [-0.15, -0.1) is 0 Å². The van der Waals surface area contributed by atoms with E-state index in [0.29, 0.717) is 19.6 Å². The maximum absolute atomic E-state index is 13.5. The third-order valence-electron chi connectivity index (χ3n) is 4.58. The molecule has 0 spiro atoms. The lowest BCUT2D eigenvalue weighted by Crippen LogP contribution is -2.46. The third kappa shape index (κ3) is 5.26. The van der Waals surface area contributed by atoms with Gasteiger partial charge in [-0.3, -0.25) is 14.1 Å². The van der Waals surface area contributed by atoms with Gasteiger partial charge in [0, 0.05) is 18.3 Å². The summed E-state index contributed by atoms with van der Waals surface area (Å²) in [5, 5.41) is 2.86. The van der Waals surface area contributed by atoms with Crippen LogP contribution in [0.2, 0.25) is 0 Å². The fourth-order valence-corrected chi connectivity index (χ4v) is 4.04. The summed E-state index contributed by atoms with van der Waals surface area (Å²) >= 11 is 0. The quantitative estimate of drug-likeness (QED) is 0.749. The van der Waals surface area contributed by atoms with Gasteiger partial charge in [-0.1, -0.05) is 6.07 Å². The molecule has 1 saturated heterocycles. The van der Waals surface area contributed by atoms with Crippen LogP contribution in [0.25, 0.3) is 0 Å². The first-order chi connectivity index (χ1) is 13.3. The van der Waals surface area contributed by atoms with Gasteiger partial charge < -0.3 is 10.1 Å². The molecular formula is C19H22FN3O4S. The lowest BCUT2D eigenvalue weighted by Gasteiger charge is -2.24. The van der Waals surface area contributed by atoms with E-state index in [1.54, 1.807) is 12.4 Å². The monoisotopic (exact) mass is 407 g/mol. The summed E-state index contributed by atoms with van der Waals surface area (Å²) in [6.07, 6.45) is 5.12. The molecule has 9 heteroatoms. The van der Waals surface area contributed by atoms with E-state index in [-0.39, 0.29) is 17.6 Å². The zero-order valence-corrected chi connectivity index (χ0v) is 16.2. The SMILES string of the molecule is CS(=O)(=O)N(CC(=O)N[C@H]1COC[C@H]1Cc1ccncc1)c1cccc(F)c1. The average Bonchev–Trinajstić information content (AvgIpc) is 3.06. The second-order valence-corrected chi connectivity index (χ2v) is 8.69. The van der Waals surface area contributed by atoms with Crippen LogP contribution in [-0.2, 0) is 26.0 Å². The van der Waals surface area contributed by atoms with Crippen LogP contribution in [-0.4, -0.2) is 51.4 Å². The molecule has 2 aromatic rings. The molecule has 1 N–H and O–H groups in total. The van der Waals surface area contributed by atoms with E-state index in [2.05, 4.69) is 10.3 Å². The molecule has 7 nitrogen and oxygen atoms in total. The highest BCUT2D eigenvalue weighted by Gasteiger charge is 2.31. The van der Waals surface area contributed by atoms with E-state index in [4.69, 9.17) is 4.74 Å². The van der Waals surface area contributed by atoms with Crippen molar-refractivity contribution in [2.75, 3.05) is 30.3 Å². The first kappa shape index (κ1) is 20.2. The summed E-state index contributed by atoms with van der Waals surface area (Å²) in [5.74, 6) is -0.967. The molecule has 2 atom stereocenters. The van der Waals surface area contributed by atoms with Crippen molar-refractivity contribution in [2.24, 2.45) is 5.92 Å². The molecule has 1 aliphatic heterocycles. The fourth-order valence-electron chi connectivity index (χ4n) is 3.20. The average molecular weight is 407 g/mol. The van der Waals surface area contributed by atoms with Crippen molar-refractivity contribution in [1.29, 1.82) is 0 Å². The van der Waals surface area contributed by atoms with Crippen molar-refractivity contribution >= 4 is 21.6 Å². The largest absolute Gasteiger partial charge is 0.379 e. The maximum atomic E-state index is 13.5. The number of carbonyl (C=O) groups is 1. The van der Waals surface area contributed by atoms with Gasteiger partial charge >= 0.3 is 0 Å². The van der Waals surface area contributed by atoms with Crippen LogP contribution < -0.4 is 9.62 Å². The smallest absolute Gasteiger partial charge is 0.241 e. The second kappa shape index (κ2) is 8.66. The molecule has 0 unspecified atom stereocenters. The Hall–Kier alpha value is -2.52. The number of hydrogen-bond donors (Lipinski definition) is 1. The van der Waals surface area contributed by atoms with Crippen molar-refractivity contribution in [3.8, 4) is 0 Å². The van der Waals surface area contributed by atoms with Crippen molar-refractivity contribution in [1.82, 2.24) is 10.3 Å². The number of nitrogens with zero attached hydrogens (tertiary/aromatic N) is 2. The Labute approximate surface area is 163 Å². The number of ether oxygens (including phenoxy) is 1. The van der Waals surface area contributed by atoms with Crippen LogP contribution in [0.1, 0.15) is 5.56 Å². The summed E-state index contributed by atoms with van der Waals surface area (Å²) in [6, 6.07) is 8.73. The fraction of sp³-hybridized carbons (Fsp3) is 0.368. The highest BCUT2D eigenvalue weighted by molar-refractivity contribution is 7.92. The molecule has 150 valence electrons. The molecule has 0 bridgehead atoms. The standard InChI is InChI=1S/C19H22FN3O4S/c1-28(25,26)23(17-4-2-3-16(20)10-17)11-19(24)22-18-13-27-12-15(18)9-14-5-7-21-8-6-14/h2-8,10,15,18H,9,11-13H2,1H3,(H,22,24)/t15-,18+/m1/s1. The minimum absolute atomic E-state index is 0.0761. The minimum Gasteiger partial charge on any atom is -0.379 e. The van der Waals surface area contributed by atoms with Crippen LogP contribution in [0.3, 0.4) is 0 Å². The topological polar surface area (TPSA) is 88.6 Å². The second-order valence-electron chi connectivity index (χ2n) is 6.78. The van der Waals surface area contributed by atoms with Gasteiger partial charge in [-0.05, 0) is 42.3 Å². The Morgan fingerprint density at radius 1 is 1.29 bits per heavy atom. The molecule has 3 rings (SSSR count). The highest BCUT2D eigenvalue weighted by atomic mass is 32.2. The Morgan fingerprint density at radius 3 is 2.71 bits per heavy atom. The van der Waals surface area contributed by atoms with Crippen molar-refractivity contribution in [3.05, 3.63) is 60.2 Å². The molecule has 1 aromatic heterocycles. The van der Waals surface area contributed by atoms with E-state index >= 15 is 0 Å². The van der Waals surface area contributed by atoms with Gasteiger partial charge in [-0.2, -0.15) is 0 Å². The summed E-state index contributed by atoms with van der Waals surface area (Å²) < 4.78 is 44.1. The first-order valence-corrected chi connectivity index (χ1v) is 10.7. The van der Waals surface area contributed by atoms with E-state index in [1.807, 2.05) is 12.1 Å². The molecule has 0 aliphatic carbocycles. The van der Waals surface area contributed by atoms with Gasteiger partial charge in [0.25, 0.3) is 0 Å². The minimum atomic E-state index is -3.76. The number of amides is 1. The molecule has 1 aliphatic rings. The van der Waals surface area contributed by atoms with Gasteiger partial charge in [0.05, 0.1) is 31.2 Å². The highest BCUT2D eigenvalue weighted by Crippen LogP contribution is 2.21. The van der Waals surface area contributed by atoms with Crippen molar-refractivity contribution in [3.63, 3.8) is 0 Å². The molecule has 0 saturated carbocycles. The lowest BCUT2D eigenvalue weighted by atomic mass is 9.95. The number of carbonyl (C=O) groups excluding carboxylic acids is 1. The lowest BCUT2D eigenvalue weighted by molar-refractivity contribution is -0.120. The normalized spacial score (nSPS) is 19.4. The number of pyridine rings is 1. The number of sulfonamides is 1. The van der Waals surface area contributed by atoms with Crippen LogP contribution in [0.15, 0.2) is 48.8 Å². The number of rotatable bonds is 7. The van der Waals surface area contributed by atoms with E-state index in [0.717, 1.165) is 22.2 Å². The molecule has 1 amide bonds. The molecule has 2 heterocycles. The van der Waals surface area contributed by atoms with Crippen LogP contribution in [0.4, 0.5) is 10.1 Å². The summed E-state index contributed by atoms with van der Waals surface area (Å²) in [6.45, 7) is 0.439. The van der Waals surface area contributed by atoms with Crippen LogP contribution >= 0.6 is 0 Å². The summed E-state index contributed by atoms with van der Waals surface area (Å²) in [5.41, 5.74) is 1.19. The number of aromatic nitrogens is 1. The van der Waals surface area contributed by atoms with Gasteiger partial charge in [0.2, 0.25) is 15.9 Å². The maximum Gasteiger partial charge on any atom is 0.241 e. The Balaban J connectivity index is 1.67. The predicted octanol–water partition coefficient (Wildman–Crippen LogP) is 1.36. The van der Waals surface area contributed by atoms with Gasteiger partial charge in [0.1, 0.15) is 12.4 Å². The number of hydrogen-bond acceptors (Lipinski definition) is 5. The van der Waals surface area contributed by atoms with E-state index in [1.165, 1.54) is 18.2 Å². The van der Waals surface area contributed by atoms with E-state index < -0.39 is 28.3 Å². The zero-order valence-electron chi connectivity index (χ0n) is 15.4. The number of anilines is 1. The van der Waals surface area contributed by atoms with Gasteiger partial charge in [0.15, 0.2) is 0 Å². The first-order valence-electron chi connectivity index (χ1n) is 8.82. The number of benzene rings is 1. The van der Waals surface area contributed by atoms with E-state index in [9.17, 15) is 17.6 Å². The predicted molar refractivity (Wildman–Crippen MR) is 103 cm³/mol. The van der Waals surface area contributed by atoms with Crippen molar-refractivity contribution < 1.29 is 22.3 Å².